The second-order valence-corrected chi connectivity index (χ2v) is 5.45. The molecule has 2 N–H and O–H groups in total. The van der Waals surface area contributed by atoms with Gasteiger partial charge in [0.2, 0.25) is 0 Å². The first-order valence-corrected chi connectivity index (χ1v) is 6.61. The molecule has 1 fully saturated rings. The summed E-state index contributed by atoms with van der Waals surface area (Å²) >= 11 is 0. The van der Waals surface area contributed by atoms with E-state index in [-0.39, 0.29) is 5.56 Å². The third-order valence-electron chi connectivity index (χ3n) is 3.93. The molecule has 0 aliphatic heterocycles. The summed E-state index contributed by atoms with van der Waals surface area (Å²) in [6.07, 6.45) is 5.08. The van der Waals surface area contributed by atoms with Crippen LogP contribution in [-0.2, 0) is 6.54 Å². The van der Waals surface area contributed by atoms with Crippen LogP contribution < -0.4 is 5.32 Å². The van der Waals surface area contributed by atoms with E-state index in [1.54, 1.807) is 0 Å². The Morgan fingerprint density at radius 3 is 2.94 bits per heavy atom. The van der Waals surface area contributed by atoms with E-state index in [0.29, 0.717) is 24.3 Å². The van der Waals surface area contributed by atoms with Gasteiger partial charge in [0.15, 0.2) is 0 Å². The van der Waals surface area contributed by atoms with Gasteiger partial charge in [-0.15, -0.1) is 0 Å². The van der Waals surface area contributed by atoms with Crippen LogP contribution in [0.1, 0.15) is 49.2 Å². The maximum absolute atomic E-state index is 11.0. The Hall–Kier alpha value is -1.29. The van der Waals surface area contributed by atoms with E-state index in [4.69, 9.17) is 9.52 Å². The molecule has 2 rings (SSSR count). The van der Waals surface area contributed by atoms with Crippen molar-refractivity contribution in [3.63, 3.8) is 0 Å². The number of aromatic carboxylic acids is 1. The Bertz CT molecular complexity index is 413. The van der Waals surface area contributed by atoms with Crippen LogP contribution in [0.2, 0.25) is 0 Å². The highest BCUT2D eigenvalue weighted by Gasteiger charge is 2.25. The Morgan fingerprint density at radius 2 is 2.28 bits per heavy atom. The minimum Gasteiger partial charge on any atom is -0.478 e. The molecule has 4 nitrogen and oxygen atoms in total. The van der Waals surface area contributed by atoms with E-state index in [1.165, 1.54) is 25.2 Å². The summed E-state index contributed by atoms with van der Waals surface area (Å²) in [5, 5.41) is 12.4. The number of carboxylic acids is 1. The van der Waals surface area contributed by atoms with Gasteiger partial charge in [0.1, 0.15) is 11.3 Å². The van der Waals surface area contributed by atoms with Crippen LogP contribution in [-0.4, -0.2) is 17.1 Å². The number of nitrogens with one attached hydrogen (secondary N) is 1. The molecule has 3 unspecified atom stereocenters. The van der Waals surface area contributed by atoms with Crippen LogP contribution in [0.15, 0.2) is 16.7 Å². The first-order chi connectivity index (χ1) is 8.58. The van der Waals surface area contributed by atoms with Crippen molar-refractivity contribution in [3.05, 3.63) is 23.7 Å². The Kier molecular flexibility index (Phi) is 4.07. The van der Waals surface area contributed by atoms with Gasteiger partial charge in [-0.25, -0.2) is 4.79 Å². The van der Waals surface area contributed by atoms with Crippen molar-refractivity contribution in [3.8, 4) is 0 Å². The van der Waals surface area contributed by atoms with Gasteiger partial charge in [-0.1, -0.05) is 13.8 Å². The normalized spacial score (nSPS) is 28.2. The zero-order valence-corrected chi connectivity index (χ0v) is 11.0. The van der Waals surface area contributed by atoms with E-state index >= 15 is 0 Å². The van der Waals surface area contributed by atoms with Crippen LogP contribution in [0.25, 0.3) is 0 Å². The maximum atomic E-state index is 11.0. The minimum atomic E-state index is -0.925. The maximum Gasteiger partial charge on any atom is 0.339 e. The standard InChI is InChI=1S/C14H21NO3/c1-9-3-4-12(10(2)7-9)15-8-13-11(14(16)17)5-6-18-13/h5-6,9-10,12,15H,3-4,7-8H2,1-2H3,(H,16,17). The van der Waals surface area contributed by atoms with Gasteiger partial charge < -0.3 is 14.8 Å². The summed E-state index contributed by atoms with van der Waals surface area (Å²) in [4.78, 5) is 11.0. The van der Waals surface area contributed by atoms with Gasteiger partial charge in [0.05, 0.1) is 12.8 Å². The average Bonchev–Trinajstić information content (AvgIpc) is 2.76. The number of carboxylic acid groups (broad SMARTS) is 1. The van der Waals surface area contributed by atoms with E-state index < -0.39 is 5.97 Å². The van der Waals surface area contributed by atoms with Gasteiger partial charge in [-0.05, 0) is 37.2 Å². The lowest BCUT2D eigenvalue weighted by molar-refractivity contribution is 0.0694. The lowest BCUT2D eigenvalue weighted by Crippen LogP contribution is -2.38. The highest BCUT2D eigenvalue weighted by atomic mass is 16.4. The summed E-state index contributed by atoms with van der Waals surface area (Å²) in [5.74, 6) is 1.03. The molecule has 3 atom stereocenters. The lowest BCUT2D eigenvalue weighted by atomic mass is 9.80. The van der Waals surface area contributed by atoms with Crippen molar-refractivity contribution in [1.29, 1.82) is 0 Å². The molecule has 0 amide bonds. The molecular formula is C14H21NO3. The Labute approximate surface area is 107 Å². The molecule has 0 bridgehead atoms. The molecule has 4 heteroatoms. The molecule has 1 aliphatic carbocycles. The molecule has 0 spiro atoms. The summed E-state index contributed by atoms with van der Waals surface area (Å²) in [5.41, 5.74) is 0.263. The second kappa shape index (κ2) is 5.57. The van der Waals surface area contributed by atoms with E-state index in [1.807, 2.05) is 0 Å². The molecule has 18 heavy (non-hydrogen) atoms. The predicted octanol–water partition coefficient (Wildman–Crippen LogP) is 2.89. The summed E-state index contributed by atoms with van der Waals surface area (Å²) < 4.78 is 5.23. The monoisotopic (exact) mass is 251 g/mol. The first-order valence-electron chi connectivity index (χ1n) is 6.61. The van der Waals surface area contributed by atoms with Crippen LogP contribution in [0, 0.1) is 11.8 Å². The van der Waals surface area contributed by atoms with Crippen molar-refractivity contribution in [2.45, 2.75) is 45.7 Å². The number of furan rings is 1. The molecular weight excluding hydrogens is 230 g/mol. The number of hydrogen-bond acceptors (Lipinski definition) is 3. The second-order valence-electron chi connectivity index (χ2n) is 5.45. The van der Waals surface area contributed by atoms with Crippen molar-refractivity contribution in [1.82, 2.24) is 5.32 Å². The molecule has 1 heterocycles. The molecule has 1 aliphatic rings. The number of hydrogen-bond donors (Lipinski definition) is 2. The van der Waals surface area contributed by atoms with E-state index in [2.05, 4.69) is 19.2 Å². The van der Waals surface area contributed by atoms with E-state index in [9.17, 15) is 4.79 Å². The van der Waals surface area contributed by atoms with Gasteiger partial charge >= 0.3 is 5.97 Å². The zero-order valence-electron chi connectivity index (χ0n) is 11.0. The fourth-order valence-corrected chi connectivity index (χ4v) is 2.86. The zero-order chi connectivity index (χ0) is 13.1. The fraction of sp³-hybridized carbons (Fsp3) is 0.643. The molecule has 1 aromatic heterocycles. The molecule has 0 radical (unpaired) electrons. The highest BCUT2D eigenvalue weighted by Crippen LogP contribution is 2.28. The number of rotatable bonds is 4. The van der Waals surface area contributed by atoms with Crippen molar-refractivity contribution in [2.75, 3.05) is 0 Å². The van der Waals surface area contributed by atoms with Crippen molar-refractivity contribution >= 4 is 5.97 Å². The lowest BCUT2D eigenvalue weighted by Gasteiger charge is -2.33. The highest BCUT2D eigenvalue weighted by molar-refractivity contribution is 5.88. The predicted molar refractivity (Wildman–Crippen MR) is 68.5 cm³/mol. The molecule has 1 saturated carbocycles. The van der Waals surface area contributed by atoms with Crippen molar-refractivity contribution in [2.24, 2.45) is 11.8 Å². The minimum absolute atomic E-state index is 0.263. The van der Waals surface area contributed by atoms with Gasteiger partial charge in [-0.2, -0.15) is 0 Å². The van der Waals surface area contributed by atoms with Gasteiger partial charge in [0, 0.05) is 6.04 Å². The Balaban J connectivity index is 1.91. The number of carbonyl (C=O) groups is 1. The largest absolute Gasteiger partial charge is 0.478 e. The summed E-state index contributed by atoms with van der Waals surface area (Å²) in [6.45, 7) is 5.05. The molecule has 0 saturated heterocycles. The molecule has 1 aromatic rings. The van der Waals surface area contributed by atoms with Gasteiger partial charge in [-0.3, -0.25) is 0 Å². The quantitative estimate of drug-likeness (QED) is 0.863. The van der Waals surface area contributed by atoms with Crippen LogP contribution in [0.4, 0.5) is 0 Å². The molecule has 0 aromatic carbocycles. The SMILES string of the molecule is CC1CCC(NCc2occc2C(=O)O)C(C)C1. The van der Waals surface area contributed by atoms with Crippen molar-refractivity contribution < 1.29 is 14.3 Å². The fourth-order valence-electron chi connectivity index (χ4n) is 2.86. The molecule has 100 valence electrons. The average molecular weight is 251 g/mol. The smallest absolute Gasteiger partial charge is 0.339 e. The summed E-state index contributed by atoms with van der Waals surface area (Å²) in [6, 6.07) is 1.97. The van der Waals surface area contributed by atoms with E-state index in [0.717, 1.165) is 12.3 Å². The first kappa shape index (κ1) is 13.1. The van der Waals surface area contributed by atoms with Crippen LogP contribution in [0.3, 0.4) is 0 Å². The van der Waals surface area contributed by atoms with Crippen LogP contribution in [0.5, 0.6) is 0 Å². The topological polar surface area (TPSA) is 62.5 Å². The van der Waals surface area contributed by atoms with Crippen LogP contribution >= 0.6 is 0 Å². The Morgan fingerprint density at radius 1 is 1.50 bits per heavy atom. The third-order valence-corrected chi connectivity index (χ3v) is 3.93. The summed E-state index contributed by atoms with van der Waals surface area (Å²) in [7, 11) is 0. The van der Waals surface area contributed by atoms with Gasteiger partial charge in [0.25, 0.3) is 0 Å². The third kappa shape index (κ3) is 2.93.